The molecule has 3 amide bonds. The van der Waals surface area contributed by atoms with Gasteiger partial charge < -0.3 is 14.5 Å². The number of amides is 3. The van der Waals surface area contributed by atoms with Crippen LogP contribution in [0.2, 0.25) is 0 Å². The lowest BCUT2D eigenvalue weighted by Gasteiger charge is -2.34. The maximum Gasteiger partial charge on any atom is 0.323 e. The molecule has 0 saturated carbocycles. The topological polar surface area (TPSA) is 101 Å². The first-order valence-electron chi connectivity index (χ1n) is 8.55. The van der Waals surface area contributed by atoms with Gasteiger partial charge in [-0.1, -0.05) is 24.3 Å². The van der Waals surface area contributed by atoms with Crippen molar-refractivity contribution in [1.82, 2.24) is 15.5 Å². The molecular weight excluding hydrogens is 350 g/mol. The van der Waals surface area contributed by atoms with E-state index in [9.17, 15) is 14.4 Å². The van der Waals surface area contributed by atoms with Crippen molar-refractivity contribution in [1.29, 1.82) is 0 Å². The zero-order valence-electron chi connectivity index (χ0n) is 14.9. The molecule has 1 aliphatic rings. The van der Waals surface area contributed by atoms with Gasteiger partial charge in [-0.25, -0.2) is 4.79 Å². The van der Waals surface area contributed by atoms with Crippen LogP contribution < -0.4 is 10.6 Å². The molecule has 27 heavy (non-hydrogen) atoms. The summed E-state index contributed by atoms with van der Waals surface area (Å²) in [5, 5.41) is 4.81. The highest BCUT2D eigenvalue weighted by Crippen LogP contribution is 2.23. The van der Waals surface area contributed by atoms with Crippen LogP contribution in [0.3, 0.4) is 0 Å². The molecule has 0 bridgehead atoms. The molecule has 3 rings (SSSR count). The van der Waals surface area contributed by atoms with Gasteiger partial charge >= 0.3 is 12.0 Å². The summed E-state index contributed by atoms with van der Waals surface area (Å²) in [6.07, 6.45) is 1.96. The zero-order valence-corrected chi connectivity index (χ0v) is 14.9. The minimum Gasteiger partial charge on any atom is -0.468 e. The number of nitrogens with zero attached hydrogens (tertiary/aromatic N) is 1. The lowest BCUT2D eigenvalue weighted by atomic mass is 9.94. The van der Waals surface area contributed by atoms with Crippen molar-refractivity contribution < 1.29 is 23.5 Å². The second-order valence-corrected chi connectivity index (χ2v) is 6.23. The lowest BCUT2D eigenvalue weighted by molar-refractivity contribution is -0.148. The van der Waals surface area contributed by atoms with Crippen molar-refractivity contribution in [3.8, 4) is 0 Å². The fourth-order valence-electron chi connectivity index (χ4n) is 3.09. The van der Waals surface area contributed by atoms with E-state index < -0.39 is 23.9 Å². The number of methoxy groups -OCH3 is 1. The Labute approximate surface area is 156 Å². The van der Waals surface area contributed by atoms with Crippen molar-refractivity contribution in [2.75, 3.05) is 13.7 Å². The van der Waals surface area contributed by atoms with Gasteiger partial charge in [0.05, 0.1) is 26.5 Å². The van der Waals surface area contributed by atoms with Gasteiger partial charge in [-0.3, -0.25) is 19.8 Å². The SMILES string of the molecule is COC(=O)[C@H]1Cc2ccccc2CN1CC(=O)NC(=O)NCc1ccco1. The number of rotatable bonds is 5. The van der Waals surface area contributed by atoms with Crippen molar-refractivity contribution in [2.24, 2.45) is 0 Å². The quantitative estimate of drug-likeness (QED) is 0.766. The first kappa shape index (κ1) is 18.7. The third kappa shape index (κ3) is 4.73. The molecule has 8 heteroatoms. The molecule has 0 aliphatic carbocycles. The number of benzene rings is 1. The summed E-state index contributed by atoms with van der Waals surface area (Å²) < 4.78 is 9.98. The predicted molar refractivity (Wildman–Crippen MR) is 95.4 cm³/mol. The third-order valence-electron chi connectivity index (χ3n) is 4.42. The number of nitrogens with one attached hydrogen (secondary N) is 2. The van der Waals surface area contributed by atoms with E-state index >= 15 is 0 Å². The normalized spacial score (nSPS) is 16.3. The van der Waals surface area contributed by atoms with E-state index in [1.54, 1.807) is 17.0 Å². The fourth-order valence-corrected chi connectivity index (χ4v) is 3.09. The van der Waals surface area contributed by atoms with Gasteiger partial charge in [-0.05, 0) is 29.7 Å². The summed E-state index contributed by atoms with van der Waals surface area (Å²) in [4.78, 5) is 38.0. The Bertz CT molecular complexity index is 819. The maximum atomic E-state index is 12.3. The van der Waals surface area contributed by atoms with Crippen LogP contribution in [-0.4, -0.2) is 42.5 Å². The number of fused-ring (bicyclic) bond motifs is 1. The molecule has 2 aromatic rings. The molecule has 0 fully saturated rings. The zero-order chi connectivity index (χ0) is 19.2. The molecule has 8 nitrogen and oxygen atoms in total. The molecule has 142 valence electrons. The number of hydrogen-bond donors (Lipinski definition) is 2. The number of urea groups is 1. The second-order valence-electron chi connectivity index (χ2n) is 6.23. The first-order chi connectivity index (χ1) is 13.1. The van der Waals surface area contributed by atoms with Crippen LogP contribution in [0.4, 0.5) is 4.79 Å². The number of imide groups is 1. The molecule has 0 spiro atoms. The van der Waals surface area contributed by atoms with E-state index in [0.29, 0.717) is 18.7 Å². The molecule has 1 aliphatic heterocycles. The van der Waals surface area contributed by atoms with E-state index in [4.69, 9.17) is 9.15 Å². The molecule has 1 aromatic heterocycles. The van der Waals surface area contributed by atoms with Crippen molar-refractivity contribution in [2.45, 2.75) is 25.6 Å². The maximum absolute atomic E-state index is 12.3. The first-order valence-corrected chi connectivity index (χ1v) is 8.55. The van der Waals surface area contributed by atoms with Crippen LogP contribution in [0.15, 0.2) is 47.1 Å². The summed E-state index contributed by atoms with van der Waals surface area (Å²) in [7, 11) is 1.32. The average Bonchev–Trinajstić information content (AvgIpc) is 3.18. The van der Waals surface area contributed by atoms with E-state index in [-0.39, 0.29) is 13.1 Å². The van der Waals surface area contributed by atoms with Crippen molar-refractivity contribution >= 4 is 17.9 Å². The minimum absolute atomic E-state index is 0.0950. The monoisotopic (exact) mass is 371 g/mol. The number of esters is 1. The summed E-state index contributed by atoms with van der Waals surface area (Å²) >= 11 is 0. The molecule has 1 atom stereocenters. The summed E-state index contributed by atoms with van der Waals surface area (Å²) in [6.45, 7) is 0.508. The van der Waals surface area contributed by atoms with E-state index in [0.717, 1.165) is 11.1 Å². The van der Waals surface area contributed by atoms with Crippen LogP contribution >= 0.6 is 0 Å². The van der Waals surface area contributed by atoms with Crippen LogP contribution in [0.5, 0.6) is 0 Å². The minimum atomic E-state index is -0.622. The van der Waals surface area contributed by atoms with Crippen LogP contribution in [0.25, 0.3) is 0 Å². The Morgan fingerprint density at radius 1 is 1.19 bits per heavy atom. The average molecular weight is 371 g/mol. The number of ether oxygens (including phenoxy) is 1. The van der Waals surface area contributed by atoms with Crippen LogP contribution in [-0.2, 0) is 33.8 Å². The van der Waals surface area contributed by atoms with Crippen molar-refractivity contribution in [3.63, 3.8) is 0 Å². The van der Waals surface area contributed by atoms with Crippen LogP contribution in [0.1, 0.15) is 16.9 Å². The van der Waals surface area contributed by atoms with Gasteiger partial charge in [-0.15, -0.1) is 0 Å². The Kier molecular flexibility index (Phi) is 5.87. The van der Waals surface area contributed by atoms with Crippen molar-refractivity contribution in [3.05, 3.63) is 59.5 Å². The summed E-state index contributed by atoms with van der Waals surface area (Å²) in [5.74, 6) is -0.323. The molecule has 1 aromatic carbocycles. The Hall–Kier alpha value is -3.13. The van der Waals surface area contributed by atoms with Gasteiger partial charge in [-0.2, -0.15) is 0 Å². The molecule has 2 N–H and O–H groups in total. The van der Waals surface area contributed by atoms with Gasteiger partial charge in [0, 0.05) is 6.54 Å². The van der Waals surface area contributed by atoms with Gasteiger partial charge in [0.1, 0.15) is 11.8 Å². The smallest absolute Gasteiger partial charge is 0.323 e. The fraction of sp³-hybridized carbons (Fsp3) is 0.316. The largest absolute Gasteiger partial charge is 0.468 e. The Morgan fingerprint density at radius 3 is 2.67 bits per heavy atom. The Balaban J connectivity index is 1.59. The third-order valence-corrected chi connectivity index (χ3v) is 4.42. The van der Waals surface area contributed by atoms with Gasteiger partial charge in [0.15, 0.2) is 0 Å². The molecule has 0 saturated heterocycles. The molecular formula is C19H21N3O5. The van der Waals surface area contributed by atoms with Gasteiger partial charge in [0.25, 0.3) is 0 Å². The second kappa shape index (κ2) is 8.50. The standard InChI is InChI=1S/C19H21N3O5/c1-26-18(24)16-9-13-5-2-3-6-14(13)11-22(16)12-17(23)21-19(25)20-10-15-7-4-8-27-15/h2-8,16H,9-12H2,1H3,(H2,20,21,23,25)/t16-/m1/s1. The predicted octanol–water partition coefficient (Wildman–Crippen LogP) is 1.21. The van der Waals surface area contributed by atoms with E-state index in [1.165, 1.54) is 13.4 Å². The van der Waals surface area contributed by atoms with E-state index in [1.807, 2.05) is 24.3 Å². The Morgan fingerprint density at radius 2 is 1.96 bits per heavy atom. The van der Waals surface area contributed by atoms with Gasteiger partial charge in [0.2, 0.25) is 5.91 Å². The highest BCUT2D eigenvalue weighted by Gasteiger charge is 2.33. The lowest BCUT2D eigenvalue weighted by Crippen LogP contribution is -2.51. The number of carbonyl (C=O) groups excluding carboxylic acids is 3. The number of carbonyl (C=O) groups is 3. The highest BCUT2D eigenvalue weighted by molar-refractivity contribution is 5.95. The highest BCUT2D eigenvalue weighted by atomic mass is 16.5. The molecule has 0 radical (unpaired) electrons. The molecule has 2 heterocycles. The molecule has 0 unspecified atom stereocenters. The number of hydrogen-bond acceptors (Lipinski definition) is 6. The number of furan rings is 1. The van der Waals surface area contributed by atoms with Crippen LogP contribution in [0, 0.1) is 0 Å². The summed E-state index contributed by atoms with van der Waals surface area (Å²) in [6, 6.07) is 9.99. The van der Waals surface area contributed by atoms with E-state index in [2.05, 4.69) is 10.6 Å². The summed E-state index contributed by atoms with van der Waals surface area (Å²) in [5.41, 5.74) is 2.11.